The van der Waals surface area contributed by atoms with E-state index in [1.807, 2.05) is 0 Å². The monoisotopic (exact) mass is 323 g/mol. The molecule has 7 heteroatoms. The first-order valence-corrected chi connectivity index (χ1v) is 8.24. The minimum Gasteiger partial charge on any atom is -0.342 e. The number of rotatable bonds is 3. The highest BCUT2D eigenvalue weighted by Gasteiger charge is 2.61. The molecule has 22 heavy (non-hydrogen) atoms. The lowest BCUT2D eigenvalue weighted by atomic mass is 9.90. The Labute approximate surface area is 131 Å². The fourth-order valence-electron chi connectivity index (χ4n) is 3.17. The predicted molar refractivity (Wildman–Crippen MR) is 79.7 cm³/mol. The molecule has 1 amide bonds. The molecule has 0 aromatic carbocycles. The molecule has 3 unspecified atom stereocenters. The van der Waals surface area contributed by atoms with Crippen molar-refractivity contribution in [3.63, 3.8) is 0 Å². The number of carbonyl (C=O) groups excluding carboxylic acids is 1. The largest absolute Gasteiger partial charge is 0.342 e. The molecule has 6 nitrogen and oxygen atoms in total. The Morgan fingerprint density at radius 1 is 1.50 bits per heavy atom. The smallest absolute Gasteiger partial charge is 0.284 e. The average Bonchev–Trinajstić information content (AvgIpc) is 2.75. The summed E-state index contributed by atoms with van der Waals surface area (Å²) in [6.45, 7) is 1.25. The highest BCUT2D eigenvalue weighted by Crippen LogP contribution is 2.44. The van der Waals surface area contributed by atoms with Gasteiger partial charge in [-0.15, -0.1) is 12.3 Å². The summed E-state index contributed by atoms with van der Waals surface area (Å²) in [5.41, 5.74) is 0. The molecule has 2 heterocycles. The van der Waals surface area contributed by atoms with Crippen LogP contribution in [-0.2, 0) is 25.3 Å². The molecular formula is C15H17NO5S. The molecule has 2 saturated heterocycles. The van der Waals surface area contributed by atoms with Crippen molar-refractivity contribution in [3.8, 4) is 12.3 Å². The molecule has 3 rings (SSSR count). The zero-order chi connectivity index (χ0) is 15.7. The van der Waals surface area contributed by atoms with Crippen molar-refractivity contribution in [2.75, 3.05) is 19.8 Å². The van der Waals surface area contributed by atoms with E-state index in [9.17, 15) is 13.6 Å². The molecule has 1 aliphatic carbocycles. The highest BCUT2D eigenvalue weighted by molar-refractivity contribution is 7.83. The second-order valence-electron chi connectivity index (χ2n) is 5.36. The second-order valence-corrected chi connectivity index (χ2v) is 6.33. The van der Waals surface area contributed by atoms with E-state index in [2.05, 4.69) is 5.92 Å². The Morgan fingerprint density at radius 3 is 2.86 bits per heavy atom. The van der Waals surface area contributed by atoms with E-state index in [4.69, 9.17) is 15.9 Å². The third-order valence-corrected chi connectivity index (χ3v) is 4.82. The van der Waals surface area contributed by atoms with Crippen LogP contribution in [-0.4, -0.2) is 51.2 Å². The predicted octanol–water partition coefficient (Wildman–Crippen LogP) is 0.645. The topological polar surface area (TPSA) is 76.1 Å². The standard InChI is InChI=1S/C15H17NO5S/c1-2-3-7-16-13-6-5-11(22(18)19)10-12(13)15(14(16)17)20-8-4-9-21-15/h1,5-6,10,12-13H,3-4,7-9H2,(H,18,19). The molecule has 0 saturated carbocycles. The number of amides is 1. The number of fused-ring (bicyclic) bond motifs is 2. The average molecular weight is 323 g/mol. The fraction of sp³-hybridized carbons (Fsp3) is 0.533. The van der Waals surface area contributed by atoms with Gasteiger partial charge in [-0.1, -0.05) is 12.2 Å². The number of ether oxygens (including phenoxy) is 2. The molecule has 0 aromatic rings. The Morgan fingerprint density at radius 2 is 2.23 bits per heavy atom. The van der Waals surface area contributed by atoms with Crippen LogP contribution >= 0.6 is 0 Å². The Kier molecular flexibility index (Phi) is 4.19. The van der Waals surface area contributed by atoms with E-state index >= 15 is 0 Å². The van der Waals surface area contributed by atoms with Gasteiger partial charge in [0.25, 0.3) is 11.7 Å². The lowest BCUT2D eigenvalue weighted by Gasteiger charge is -2.36. The molecule has 0 bridgehead atoms. The lowest BCUT2D eigenvalue weighted by Crippen LogP contribution is -2.51. The van der Waals surface area contributed by atoms with Crippen LogP contribution in [0.3, 0.4) is 0 Å². The molecule has 2 aliphatic heterocycles. The van der Waals surface area contributed by atoms with E-state index in [0.717, 1.165) is 6.42 Å². The maximum Gasteiger partial charge on any atom is 0.284 e. The third-order valence-electron chi connectivity index (χ3n) is 4.15. The number of allylic oxidation sites excluding steroid dienone is 1. The van der Waals surface area contributed by atoms with Gasteiger partial charge in [-0.05, 0) is 12.5 Å². The molecule has 1 spiro atoms. The minimum atomic E-state index is -2.11. The van der Waals surface area contributed by atoms with Crippen LogP contribution in [0.5, 0.6) is 0 Å². The van der Waals surface area contributed by atoms with Crippen molar-refractivity contribution >= 4 is 17.0 Å². The Balaban J connectivity index is 1.99. The normalized spacial score (nSPS) is 30.8. The van der Waals surface area contributed by atoms with E-state index in [1.54, 1.807) is 23.1 Å². The van der Waals surface area contributed by atoms with Crippen LogP contribution in [0.1, 0.15) is 12.8 Å². The van der Waals surface area contributed by atoms with Gasteiger partial charge in [-0.25, -0.2) is 4.21 Å². The van der Waals surface area contributed by atoms with Crippen molar-refractivity contribution in [3.05, 3.63) is 23.1 Å². The van der Waals surface area contributed by atoms with Crippen LogP contribution in [0.15, 0.2) is 23.1 Å². The molecular weight excluding hydrogens is 306 g/mol. The zero-order valence-corrected chi connectivity index (χ0v) is 12.8. The molecule has 1 N–H and O–H groups in total. The van der Waals surface area contributed by atoms with Gasteiger partial charge in [0, 0.05) is 13.0 Å². The summed E-state index contributed by atoms with van der Waals surface area (Å²) in [6.07, 6.45) is 11.4. The first-order chi connectivity index (χ1) is 10.6. The van der Waals surface area contributed by atoms with Gasteiger partial charge in [0.1, 0.15) is 0 Å². The summed E-state index contributed by atoms with van der Waals surface area (Å²) in [4.78, 5) is 14.7. The Bertz CT molecular complexity index is 600. The van der Waals surface area contributed by atoms with Crippen LogP contribution in [0.25, 0.3) is 0 Å². The van der Waals surface area contributed by atoms with E-state index in [1.165, 1.54) is 0 Å². The molecule has 3 aliphatic rings. The van der Waals surface area contributed by atoms with Crippen LogP contribution in [0, 0.1) is 18.3 Å². The summed E-state index contributed by atoms with van der Waals surface area (Å²) in [7, 11) is 0. The highest BCUT2D eigenvalue weighted by atomic mass is 32.2. The quantitative estimate of drug-likeness (QED) is 0.609. The molecule has 0 aromatic heterocycles. The Hall–Kier alpha value is -1.46. The maximum absolute atomic E-state index is 12.8. The van der Waals surface area contributed by atoms with Crippen molar-refractivity contribution < 1.29 is 23.0 Å². The van der Waals surface area contributed by atoms with Gasteiger partial charge in [0.15, 0.2) is 11.1 Å². The second kappa shape index (κ2) is 5.97. The van der Waals surface area contributed by atoms with Crippen LogP contribution in [0.2, 0.25) is 0 Å². The number of hydrogen-bond donors (Lipinski definition) is 1. The summed E-state index contributed by atoms with van der Waals surface area (Å²) in [6, 6.07) is -0.272. The number of hydrogen-bond acceptors (Lipinski definition) is 4. The number of nitrogens with zero attached hydrogens (tertiary/aromatic N) is 1. The van der Waals surface area contributed by atoms with Crippen LogP contribution < -0.4 is 0 Å². The van der Waals surface area contributed by atoms with Gasteiger partial charge in [0.2, 0.25) is 0 Å². The van der Waals surface area contributed by atoms with Crippen molar-refractivity contribution in [2.45, 2.75) is 24.7 Å². The lowest BCUT2D eigenvalue weighted by molar-refractivity contribution is -0.262. The molecule has 2 fully saturated rings. The van der Waals surface area contributed by atoms with Crippen molar-refractivity contribution in [2.24, 2.45) is 5.92 Å². The third kappa shape index (κ3) is 2.32. The molecule has 118 valence electrons. The zero-order valence-electron chi connectivity index (χ0n) is 11.9. The molecule has 0 radical (unpaired) electrons. The number of terminal acetylenes is 1. The first kappa shape index (κ1) is 15.4. The van der Waals surface area contributed by atoms with E-state index < -0.39 is 22.8 Å². The van der Waals surface area contributed by atoms with Crippen molar-refractivity contribution in [1.29, 1.82) is 0 Å². The summed E-state index contributed by atoms with van der Waals surface area (Å²) < 4.78 is 32.1. The van der Waals surface area contributed by atoms with Crippen LogP contribution in [0.4, 0.5) is 0 Å². The maximum atomic E-state index is 12.8. The van der Waals surface area contributed by atoms with E-state index in [-0.39, 0.29) is 16.9 Å². The summed E-state index contributed by atoms with van der Waals surface area (Å²) >= 11 is -2.11. The van der Waals surface area contributed by atoms with E-state index in [0.29, 0.717) is 26.2 Å². The van der Waals surface area contributed by atoms with Gasteiger partial charge >= 0.3 is 0 Å². The van der Waals surface area contributed by atoms with Gasteiger partial charge in [0.05, 0.1) is 30.1 Å². The van der Waals surface area contributed by atoms with Gasteiger partial charge < -0.3 is 18.9 Å². The number of carbonyl (C=O) groups is 1. The number of likely N-dealkylation sites (tertiary alicyclic amines) is 1. The summed E-state index contributed by atoms with van der Waals surface area (Å²) in [5, 5.41) is 0. The summed E-state index contributed by atoms with van der Waals surface area (Å²) in [5.74, 6) is 0.419. The molecule has 3 atom stereocenters. The first-order valence-electron chi connectivity index (χ1n) is 7.13. The SMILES string of the molecule is C#CCCN1C(=O)C2(OCCCO2)C2C=C(S(=O)O)C=CC21. The van der Waals surface area contributed by atoms with Crippen molar-refractivity contribution in [1.82, 2.24) is 4.90 Å². The fourth-order valence-corrected chi connectivity index (χ4v) is 3.63. The minimum absolute atomic E-state index is 0.255. The van der Waals surface area contributed by atoms with Gasteiger partial charge in [-0.3, -0.25) is 4.79 Å². The van der Waals surface area contributed by atoms with Gasteiger partial charge in [-0.2, -0.15) is 0 Å².